The van der Waals surface area contributed by atoms with Gasteiger partial charge in [-0.2, -0.15) is 30.2 Å². The van der Waals surface area contributed by atoms with E-state index in [0.29, 0.717) is 23.5 Å². The summed E-state index contributed by atoms with van der Waals surface area (Å²) in [6.07, 6.45) is -4.59. The standard InChI is InChI=1S/C17H18F4N4O4S/c1-24(2)30(27,28)25-6-5-14-11(9-25)15(23-29-14)16(26)22-8-10-3-4-12(13(18)7-10)17(19,20)21/h3-4,7H,5-6,8-9H2,1-2H3,(H,22,26). The third-order valence-electron chi connectivity index (χ3n) is 4.59. The number of rotatable bonds is 5. The summed E-state index contributed by atoms with van der Waals surface area (Å²) in [5.74, 6) is -1.78. The Morgan fingerprint density at radius 2 is 2.03 bits per heavy atom. The van der Waals surface area contributed by atoms with Gasteiger partial charge in [0.15, 0.2) is 5.69 Å². The highest BCUT2D eigenvalue weighted by molar-refractivity contribution is 7.86. The van der Waals surface area contributed by atoms with Gasteiger partial charge in [-0.15, -0.1) is 0 Å². The molecule has 0 atom stereocenters. The Labute approximate surface area is 169 Å². The minimum absolute atomic E-state index is 0.114. The summed E-state index contributed by atoms with van der Waals surface area (Å²) >= 11 is 0. The number of benzene rings is 1. The van der Waals surface area contributed by atoms with Crippen molar-refractivity contribution >= 4 is 16.1 Å². The third kappa shape index (κ3) is 4.32. The average molecular weight is 450 g/mol. The van der Waals surface area contributed by atoms with Crippen molar-refractivity contribution < 1.29 is 35.3 Å². The number of carbonyl (C=O) groups is 1. The van der Waals surface area contributed by atoms with Crippen molar-refractivity contribution in [2.75, 3.05) is 20.6 Å². The van der Waals surface area contributed by atoms with Gasteiger partial charge in [-0.25, -0.2) is 4.39 Å². The average Bonchev–Trinajstić information content (AvgIpc) is 3.08. The van der Waals surface area contributed by atoms with Crippen molar-refractivity contribution in [1.82, 2.24) is 19.1 Å². The van der Waals surface area contributed by atoms with E-state index in [1.165, 1.54) is 18.4 Å². The lowest BCUT2D eigenvalue weighted by Gasteiger charge is -2.27. The maximum atomic E-state index is 13.7. The molecule has 1 N–H and O–H groups in total. The van der Waals surface area contributed by atoms with Crippen molar-refractivity contribution in [2.45, 2.75) is 25.7 Å². The van der Waals surface area contributed by atoms with E-state index < -0.39 is 33.7 Å². The molecule has 1 aliphatic heterocycles. The second-order valence-electron chi connectivity index (χ2n) is 6.80. The van der Waals surface area contributed by atoms with Crippen molar-refractivity contribution in [3.63, 3.8) is 0 Å². The van der Waals surface area contributed by atoms with Crippen molar-refractivity contribution in [2.24, 2.45) is 0 Å². The molecule has 0 spiro atoms. The van der Waals surface area contributed by atoms with Gasteiger partial charge >= 0.3 is 6.18 Å². The highest BCUT2D eigenvalue weighted by Crippen LogP contribution is 2.31. The summed E-state index contributed by atoms with van der Waals surface area (Å²) in [4.78, 5) is 12.5. The largest absolute Gasteiger partial charge is 0.419 e. The molecule has 0 unspecified atom stereocenters. The molecule has 8 nitrogen and oxygen atoms in total. The van der Waals surface area contributed by atoms with Crippen LogP contribution in [0, 0.1) is 5.82 Å². The predicted molar refractivity (Wildman–Crippen MR) is 95.8 cm³/mol. The zero-order valence-corrected chi connectivity index (χ0v) is 16.8. The lowest BCUT2D eigenvalue weighted by atomic mass is 10.1. The molecule has 1 aliphatic rings. The van der Waals surface area contributed by atoms with Crippen LogP contribution in [0.1, 0.15) is 32.9 Å². The van der Waals surface area contributed by atoms with Crippen molar-refractivity contribution in [3.8, 4) is 0 Å². The Morgan fingerprint density at radius 3 is 2.63 bits per heavy atom. The lowest BCUT2D eigenvalue weighted by Crippen LogP contribution is -2.43. The van der Waals surface area contributed by atoms with Crippen LogP contribution < -0.4 is 5.32 Å². The van der Waals surface area contributed by atoms with E-state index in [4.69, 9.17) is 4.52 Å². The zero-order valence-electron chi connectivity index (χ0n) is 16.0. The van der Waals surface area contributed by atoms with Gasteiger partial charge in [-0.1, -0.05) is 11.2 Å². The number of amides is 1. The fourth-order valence-electron chi connectivity index (χ4n) is 2.96. The molecule has 164 valence electrons. The number of halogens is 4. The molecule has 13 heteroatoms. The molecule has 1 aromatic heterocycles. The van der Waals surface area contributed by atoms with Crippen LogP contribution in [-0.2, 0) is 35.9 Å². The Hall–Kier alpha value is -2.51. The highest BCUT2D eigenvalue weighted by atomic mass is 32.2. The number of aromatic nitrogens is 1. The highest BCUT2D eigenvalue weighted by Gasteiger charge is 2.35. The molecular weight excluding hydrogens is 432 g/mol. The summed E-state index contributed by atoms with van der Waals surface area (Å²) < 4.78 is 83.5. The van der Waals surface area contributed by atoms with E-state index in [1.807, 2.05) is 0 Å². The van der Waals surface area contributed by atoms with Gasteiger partial charge in [0, 0.05) is 45.7 Å². The number of nitrogens with one attached hydrogen (secondary N) is 1. The molecule has 30 heavy (non-hydrogen) atoms. The molecule has 0 bridgehead atoms. The molecule has 3 rings (SSSR count). The molecule has 0 saturated heterocycles. The van der Waals surface area contributed by atoms with Crippen LogP contribution in [0.4, 0.5) is 17.6 Å². The van der Waals surface area contributed by atoms with E-state index in [2.05, 4.69) is 10.5 Å². The summed E-state index contributed by atoms with van der Waals surface area (Å²) in [7, 11) is -0.939. The minimum Gasteiger partial charge on any atom is -0.360 e. The van der Waals surface area contributed by atoms with E-state index in [9.17, 15) is 30.8 Å². The topological polar surface area (TPSA) is 95.8 Å². The van der Waals surface area contributed by atoms with Crippen LogP contribution in [0.15, 0.2) is 22.7 Å². The number of fused-ring (bicyclic) bond motifs is 1. The minimum atomic E-state index is -4.82. The summed E-state index contributed by atoms with van der Waals surface area (Å²) in [5.41, 5.74) is -1.10. The maximum absolute atomic E-state index is 13.7. The van der Waals surface area contributed by atoms with Gasteiger partial charge in [0.2, 0.25) is 0 Å². The van der Waals surface area contributed by atoms with Crippen LogP contribution in [0.2, 0.25) is 0 Å². The second-order valence-corrected chi connectivity index (χ2v) is 8.94. The maximum Gasteiger partial charge on any atom is 0.419 e. The SMILES string of the molecule is CN(C)S(=O)(=O)N1CCc2onc(C(=O)NCc3ccc(C(F)(F)F)c(F)c3)c2C1. The first kappa shape index (κ1) is 22.2. The smallest absolute Gasteiger partial charge is 0.360 e. The van der Waals surface area contributed by atoms with E-state index >= 15 is 0 Å². The Kier molecular flexibility index (Phi) is 5.89. The molecule has 2 aromatic rings. The number of hydrogen-bond donors (Lipinski definition) is 1. The zero-order chi connectivity index (χ0) is 22.3. The molecular formula is C17H18F4N4O4S. The van der Waals surface area contributed by atoms with Gasteiger partial charge < -0.3 is 9.84 Å². The first-order valence-corrected chi connectivity index (χ1v) is 10.1. The Morgan fingerprint density at radius 1 is 1.33 bits per heavy atom. The Balaban J connectivity index is 1.73. The van der Waals surface area contributed by atoms with Gasteiger partial charge in [0.1, 0.15) is 11.6 Å². The second kappa shape index (κ2) is 7.96. The predicted octanol–water partition coefficient (Wildman–Crippen LogP) is 1.93. The molecule has 0 saturated carbocycles. The van der Waals surface area contributed by atoms with E-state index in [1.54, 1.807) is 0 Å². The van der Waals surface area contributed by atoms with E-state index in [0.717, 1.165) is 10.4 Å². The molecule has 1 aromatic carbocycles. The van der Waals surface area contributed by atoms with Crippen LogP contribution >= 0.6 is 0 Å². The fraction of sp³-hybridized carbons (Fsp3) is 0.412. The van der Waals surface area contributed by atoms with Crippen LogP contribution in [0.3, 0.4) is 0 Å². The van der Waals surface area contributed by atoms with E-state index in [-0.39, 0.29) is 37.3 Å². The van der Waals surface area contributed by atoms with Gasteiger partial charge in [0.05, 0.1) is 5.56 Å². The lowest BCUT2D eigenvalue weighted by molar-refractivity contribution is -0.140. The number of nitrogens with zero attached hydrogens (tertiary/aromatic N) is 3. The monoisotopic (exact) mass is 450 g/mol. The molecule has 0 fully saturated rings. The Bertz CT molecular complexity index is 1070. The molecule has 0 radical (unpaired) electrons. The third-order valence-corrected chi connectivity index (χ3v) is 6.47. The summed E-state index contributed by atoms with van der Waals surface area (Å²) in [6.45, 7) is -0.208. The van der Waals surface area contributed by atoms with Gasteiger partial charge in [-0.05, 0) is 17.7 Å². The first-order valence-electron chi connectivity index (χ1n) is 8.70. The quantitative estimate of drug-likeness (QED) is 0.703. The van der Waals surface area contributed by atoms with Crippen molar-refractivity contribution in [3.05, 3.63) is 52.2 Å². The van der Waals surface area contributed by atoms with Crippen LogP contribution in [0.25, 0.3) is 0 Å². The molecule has 2 heterocycles. The first-order chi connectivity index (χ1) is 13.9. The van der Waals surface area contributed by atoms with Gasteiger partial charge in [-0.3, -0.25) is 4.79 Å². The fourth-order valence-corrected chi connectivity index (χ4v) is 4.03. The normalized spacial score (nSPS) is 15.3. The van der Waals surface area contributed by atoms with Gasteiger partial charge in [0.25, 0.3) is 16.1 Å². The van der Waals surface area contributed by atoms with Crippen LogP contribution in [-0.4, -0.2) is 48.7 Å². The van der Waals surface area contributed by atoms with Crippen LogP contribution in [0.5, 0.6) is 0 Å². The summed E-state index contributed by atoms with van der Waals surface area (Å²) in [5, 5.41) is 6.12. The number of alkyl halides is 3. The molecule has 0 aliphatic carbocycles. The molecule has 1 amide bonds. The number of carbonyl (C=O) groups excluding carboxylic acids is 1. The summed E-state index contributed by atoms with van der Waals surface area (Å²) in [6, 6.07) is 2.33. The number of hydrogen-bond acceptors (Lipinski definition) is 5. The van der Waals surface area contributed by atoms with Crippen molar-refractivity contribution in [1.29, 1.82) is 0 Å².